The molecule has 2 aromatic heterocycles. The van der Waals surface area contributed by atoms with Gasteiger partial charge in [-0.15, -0.1) is 18.3 Å². The molecule has 4 rings (SSSR count). The van der Waals surface area contributed by atoms with Gasteiger partial charge >= 0.3 is 6.36 Å². The largest absolute Gasteiger partial charge is 0.573 e. The fourth-order valence-electron chi connectivity index (χ4n) is 3.50. The zero-order valence-electron chi connectivity index (χ0n) is 17.7. The molecule has 0 spiro atoms. The predicted octanol–water partition coefficient (Wildman–Crippen LogP) is 4.33. The van der Waals surface area contributed by atoms with Crippen LogP contribution in [0.1, 0.15) is 13.8 Å². The van der Waals surface area contributed by atoms with E-state index in [1.807, 2.05) is 18.7 Å². The maximum atomic E-state index is 14.4. The molecule has 33 heavy (non-hydrogen) atoms. The summed E-state index contributed by atoms with van der Waals surface area (Å²) < 4.78 is 61.0. The highest BCUT2D eigenvalue weighted by Crippen LogP contribution is 2.28. The van der Waals surface area contributed by atoms with Crippen molar-refractivity contribution in [1.82, 2.24) is 20.2 Å². The van der Waals surface area contributed by atoms with E-state index in [1.54, 1.807) is 6.07 Å². The van der Waals surface area contributed by atoms with Gasteiger partial charge in [-0.2, -0.15) is 10.1 Å². The second kappa shape index (κ2) is 9.14. The first kappa shape index (κ1) is 22.6. The molecule has 3 aromatic rings. The van der Waals surface area contributed by atoms with Crippen LogP contribution < -0.4 is 15.0 Å². The van der Waals surface area contributed by atoms with E-state index in [1.165, 1.54) is 30.5 Å². The second-order valence-corrected chi connectivity index (χ2v) is 7.56. The standard InChI is InChI=1S/C21H20F4N6O2/c1-12-10-31(11-13(2)32-12)20-26-9-17(22)19(29-20)28-18-7-15(8-27-30-18)14-3-5-16(6-4-14)33-21(23,24)25/h3-9,12-13H,10-11H2,1-2H3,(H,26,28,29,30)/t12-,13+. The number of halogens is 4. The Kier molecular flexibility index (Phi) is 6.27. The molecule has 1 fully saturated rings. The predicted molar refractivity (Wildman–Crippen MR) is 112 cm³/mol. The molecule has 0 radical (unpaired) electrons. The summed E-state index contributed by atoms with van der Waals surface area (Å²) in [6, 6.07) is 6.86. The molecule has 1 aliphatic heterocycles. The molecule has 2 atom stereocenters. The minimum atomic E-state index is -4.77. The van der Waals surface area contributed by atoms with Crippen molar-refractivity contribution in [3.8, 4) is 16.9 Å². The summed E-state index contributed by atoms with van der Waals surface area (Å²) in [5.41, 5.74) is 1.12. The smallest absolute Gasteiger partial charge is 0.406 e. The summed E-state index contributed by atoms with van der Waals surface area (Å²) in [6.45, 7) is 5.01. The summed E-state index contributed by atoms with van der Waals surface area (Å²) in [5.74, 6) is -0.532. The lowest BCUT2D eigenvalue weighted by Crippen LogP contribution is -2.46. The van der Waals surface area contributed by atoms with Crippen LogP contribution in [0.15, 0.2) is 42.7 Å². The van der Waals surface area contributed by atoms with Crippen molar-refractivity contribution in [2.45, 2.75) is 32.4 Å². The molecular weight excluding hydrogens is 444 g/mol. The van der Waals surface area contributed by atoms with Crippen LogP contribution in [0.2, 0.25) is 0 Å². The van der Waals surface area contributed by atoms with Crippen molar-refractivity contribution in [3.05, 3.63) is 48.5 Å². The first-order valence-corrected chi connectivity index (χ1v) is 10.0. The van der Waals surface area contributed by atoms with Crippen molar-refractivity contribution >= 4 is 17.6 Å². The number of nitrogens with zero attached hydrogens (tertiary/aromatic N) is 5. The Morgan fingerprint density at radius 1 is 1.06 bits per heavy atom. The quantitative estimate of drug-likeness (QED) is 0.559. The van der Waals surface area contributed by atoms with Gasteiger partial charge in [-0.05, 0) is 37.6 Å². The average molecular weight is 464 g/mol. The highest BCUT2D eigenvalue weighted by atomic mass is 19.4. The Morgan fingerprint density at radius 3 is 2.42 bits per heavy atom. The van der Waals surface area contributed by atoms with Gasteiger partial charge in [0.15, 0.2) is 17.5 Å². The Hall–Kier alpha value is -3.54. The Labute approximate surface area is 186 Å². The number of benzene rings is 1. The maximum absolute atomic E-state index is 14.4. The molecule has 174 valence electrons. The molecule has 8 nitrogen and oxygen atoms in total. The highest BCUT2D eigenvalue weighted by molar-refractivity contribution is 5.67. The van der Waals surface area contributed by atoms with Crippen LogP contribution in [0.3, 0.4) is 0 Å². The van der Waals surface area contributed by atoms with Crippen LogP contribution in [0, 0.1) is 5.82 Å². The average Bonchev–Trinajstić information content (AvgIpc) is 2.74. The van der Waals surface area contributed by atoms with Gasteiger partial charge in [0.05, 0.1) is 24.6 Å². The zero-order valence-corrected chi connectivity index (χ0v) is 17.7. The number of ether oxygens (including phenoxy) is 2. The lowest BCUT2D eigenvalue weighted by Gasteiger charge is -2.35. The number of morpholine rings is 1. The Bertz CT molecular complexity index is 1100. The summed E-state index contributed by atoms with van der Waals surface area (Å²) in [5, 5.41) is 10.6. The summed E-state index contributed by atoms with van der Waals surface area (Å²) in [6.07, 6.45) is -2.30. The van der Waals surface area contributed by atoms with Gasteiger partial charge < -0.3 is 19.7 Å². The highest BCUT2D eigenvalue weighted by Gasteiger charge is 2.31. The van der Waals surface area contributed by atoms with Crippen molar-refractivity contribution in [1.29, 1.82) is 0 Å². The fourth-order valence-corrected chi connectivity index (χ4v) is 3.50. The number of hydrogen-bond donors (Lipinski definition) is 1. The molecular formula is C21H20F4N6O2. The van der Waals surface area contributed by atoms with E-state index in [0.717, 1.165) is 6.20 Å². The molecule has 0 amide bonds. The van der Waals surface area contributed by atoms with Gasteiger partial charge in [0.25, 0.3) is 0 Å². The molecule has 1 aliphatic rings. The van der Waals surface area contributed by atoms with Crippen LogP contribution in [-0.4, -0.2) is 51.8 Å². The van der Waals surface area contributed by atoms with E-state index in [-0.39, 0.29) is 29.6 Å². The van der Waals surface area contributed by atoms with Crippen LogP contribution in [0.25, 0.3) is 11.1 Å². The van der Waals surface area contributed by atoms with Gasteiger partial charge in [0, 0.05) is 18.7 Å². The monoisotopic (exact) mass is 464 g/mol. The lowest BCUT2D eigenvalue weighted by molar-refractivity contribution is -0.274. The van der Waals surface area contributed by atoms with Gasteiger partial charge in [-0.3, -0.25) is 0 Å². The summed E-state index contributed by atoms with van der Waals surface area (Å²) in [7, 11) is 0. The normalized spacial score (nSPS) is 18.8. The molecule has 12 heteroatoms. The Balaban J connectivity index is 1.53. The van der Waals surface area contributed by atoms with Crippen LogP contribution >= 0.6 is 0 Å². The SMILES string of the molecule is C[C@@H]1CN(c2ncc(F)c(Nc3cc(-c4ccc(OC(F)(F)F)cc4)cnn3)n2)C[C@H](C)O1. The van der Waals surface area contributed by atoms with Crippen molar-refractivity contribution < 1.29 is 27.0 Å². The minimum absolute atomic E-state index is 0.0192. The van der Waals surface area contributed by atoms with Gasteiger partial charge in [-0.1, -0.05) is 12.1 Å². The molecule has 1 N–H and O–H groups in total. The third-order valence-corrected chi connectivity index (χ3v) is 4.76. The van der Waals surface area contributed by atoms with Gasteiger partial charge in [0.2, 0.25) is 5.95 Å². The lowest BCUT2D eigenvalue weighted by atomic mass is 10.1. The number of anilines is 3. The molecule has 0 unspecified atom stereocenters. The van der Waals surface area contributed by atoms with Crippen LogP contribution in [-0.2, 0) is 4.74 Å². The molecule has 0 aliphatic carbocycles. The first-order chi connectivity index (χ1) is 15.7. The summed E-state index contributed by atoms with van der Waals surface area (Å²) in [4.78, 5) is 10.3. The van der Waals surface area contributed by atoms with Crippen molar-refractivity contribution in [2.24, 2.45) is 0 Å². The third kappa shape index (κ3) is 5.83. The molecule has 0 saturated carbocycles. The Morgan fingerprint density at radius 2 is 1.76 bits per heavy atom. The number of nitrogens with one attached hydrogen (secondary N) is 1. The topological polar surface area (TPSA) is 85.3 Å². The minimum Gasteiger partial charge on any atom is -0.406 e. The molecule has 3 heterocycles. The van der Waals surface area contributed by atoms with E-state index in [0.29, 0.717) is 30.2 Å². The first-order valence-electron chi connectivity index (χ1n) is 10.0. The number of aromatic nitrogens is 4. The molecule has 1 saturated heterocycles. The molecule has 1 aromatic carbocycles. The third-order valence-electron chi connectivity index (χ3n) is 4.76. The number of rotatable bonds is 5. The maximum Gasteiger partial charge on any atom is 0.573 e. The van der Waals surface area contributed by atoms with E-state index in [9.17, 15) is 17.6 Å². The van der Waals surface area contributed by atoms with Crippen molar-refractivity contribution in [3.63, 3.8) is 0 Å². The fraction of sp³-hybridized carbons (Fsp3) is 0.333. The van der Waals surface area contributed by atoms with Gasteiger partial charge in [0.1, 0.15) is 5.75 Å². The van der Waals surface area contributed by atoms with E-state index in [4.69, 9.17) is 4.74 Å². The van der Waals surface area contributed by atoms with Crippen molar-refractivity contribution in [2.75, 3.05) is 23.3 Å². The van der Waals surface area contributed by atoms with Gasteiger partial charge in [-0.25, -0.2) is 9.37 Å². The second-order valence-electron chi connectivity index (χ2n) is 7.56. The molecule has 0 bridgehead atoms. The summed E-state index contributed by atoms with van der Waals surface area (Å²) >= 11 is 0. The zero-order chi connectivity index (χ0) is 23.6. The van der Waals surface area contributed by atoms with E-state index >= 15 is 0 Å². The van der Waals surface area contributed by atoms with Crippen LogP contribution in [0.4, 0.5) is 35.1 Å². The number of hydrogen-bond acceptors (Lipinski definition) is 8. The van der Waals surface area contributed by atoms with Crippen LogP contribution in [0.5, 0.6) is 5.75 Å². The van der Waals surface area contributed by atoms with E-state index < -0.39 is 12.2 Å². The van der Waals surface area contributed by atoms with E-state index in [2.05, 4.69) is 30.2 Å². The number of alkyl halides is 3.